The Hall–Kier alpha value is -2.39. The van der Waals surface area contributed by atoms with Crippen LogP contribution >= 0.6 is 11.6 Å². The van der Waals surface area contributed by atoms with E-state index in [0.717, 1.165) is 30.3 Å². The van der Waals surface area contributed by atoms with Crippen LogP contribution in [0.5, 0.6) is 0 Å². The van der Waals surface area contributed by atoms with Gasteiger partial charge in [-0.3, -0.25) is 4.79 Å². The molecule has 3 nitrogen and oxygen atoms in total. The van der Waals surface area contributed by atoms with Crippen molar-refractivity contribution >= 4 is 28.4 Å². The minimum absolute atomic E-state index is 0.0817. The summed E-state index contributed by atoms with van der Waals surface area (Å²) in [5, 5.41) is 1.39. The molecule has 0 spiro atoms. The van der Waals surface area contributed by atoms with E-state index in [2.05, 4.69) is 17.1 Å². The van der Waals surface area contributed by atoms with Crippen LogP contribution in [0.25, 0.3) is 10.9 Å². The first-order valence-electron chi connectivity index (χ1n) is 8.14. The Kier molecular flexibility index (Phi) is 3.95. The minimum Gasteiger partial charge on any atom is -0.332 e. The number of nitrogens with zero attached hydrogens (tertiary/aromatic N) is 2. The van der Waals surface area contributed by atoms with Gasteiger partial charge in [-0.1, -0.05) is 41.9 Å². The summed E-state index contributed by atoms with van der Waals surface area (Å²) < 4.78 is 0. The summed E-state index contributed by atoms with van der Waals surface area (Å²) in [6.07, 6.45) is 2.05. The van der Waals surface area contributed by atoms with E-state index in [-0.39, 0.29) is 11.9 Å². The highest BCUT2D eigenvalue weighted by molar-refractivity contribution is 6.29. The number of carbonyl (C=O) groups excluding carboxylic acids is 1. The molecule has 0 N–H and O–H groups in total. The Bertz CT molecular complexity index is 895. The summed E-state index contributed by atoms with van der Waals surface area (Å²) in [5.74, 6) is 0.0817. The van der Waals surface area contributed by atoms with Crippen molar-refractivity contribution in [3.8, 4) is 0 Å². The van der Waals surface area contributed by atoms with Crippen molar-refractivity contribution < 1.29 is 4.79 Å². The Morgan fingerprint density at radius 1 is 1.08 bits per heavy atom. The quantitative estimate of drug-likeness (QED) is 0.626. The average Bonchev–Trinajstić information content (AvgIpc) is 3.11. The molecule has 2 aromatic carbocycles. The molecule has 1 aliphatic rings. The number of rotatable bonds is 2. The van der Waals surface area contributed by atoms with Crippen LogP contribution in [0.1, 0.15) is 34.8 Å². The van der Waals surface area contributed by atoms with Crippen LogP contribution in [-0.4, -0.2) is 22.3 Å². The number of benzene rings is 2. The van der Waals surface area contributed by atoms with Gasteiger partial charge in [0.15, 0.2) is 0 Å². The Morgan fingerprint density at radius 3 is 2.75 bits per heavy atom. The maximum atomic E-state index is 13.0. The molecule has 0 radical (unpaired) electrons. The van der Waals surface area contributed by atoms with Gasteiger partial charge in [-0.15, -0.1) is 0 Å². The normalized spacial score (nSPS) is 17.4. The Balaban J connectivity index is 1.66. The average molecular weight is 337 g/mol. The SMILES string of the molecule is O=C(c1ccc2nc(Cl)ccc2c1)N1CCCC1c1ccccc1. The number of fused-ring (bicyclic) bond motifs is 1. The van der Waals surface area contributed by atoms with E-state index in [1.54, 1.807) is 6.07 Å². The fourth-order valence-electron chi connectivity index (χ4n) is 3.43. The van der Waals surface area contributed by atoms with Crippen LogP contribution in [0.15, 0.2) is 60.7 Å². The zero-order valence-electron chi connectivity index (χ0n) is 13.2. The molecule has 1 unspecified atom stereocenters. The molecule has 4 rings (SSSR count). The van der Waals surface area contributed by atoms with Crippen LogP contribution in [0, 0.1) is 0 Å². The highest BCUT2D eigenvalue weighted by Crippen LogP contribution is 2.33. The van der Waals surface area contributed by atoms with Crippen molar-refractivity contribution in [3.05, 3.63) is 76.9 Å². The second kappa shape index (κ2) is 6.25. The first kappa shape index (κ1) is 15.2. The molecule has 0 aliphatic carbocycles. The largest absolute Gasteiger partial charge is 0.332 e. The molecule has 1 atom stereocenters. The summed E-state index contributed by atoms with van der Waals surface area (Å²) in [4.78, 5) is 19.3. The van der Waals surface area contributed by atoms with E-state index in [1.807, 2.05) is 47.4 Å². The molecule has 1 amide bonds. The lowest BCUT2D eigenvalue weighted by Gasteiger charge is -2.25. The van der Waals surface area contributed by atoms with Gasteiger partial charge in [0.2, 0.25) is 0 Å². The molecule has 0 saturated carbocycles. The molecule has 2 heterocycles. The zero-order chi connectivity index (χ0) is 16.5. The van der Waals surface area contributed by atoms with E-state index in [9.17, 15) is 4.79 Å². The third-order valence-electron chi connectivity index (χ3n) is 4.60. The number of aromatic nitrogens is 1. The van der Waals surface area contributed by atoms with Crippen molar-refractivity contribution in [2.24, 2.45) is 0 Å². The third-order valence-corrected chi connectivity index (χ3v) is 4.81. The monoisotopic (exact) mass is 336 g/mol. The van der Waals surface area contributed by atoms with Crippen molar-refractivity contribution in [1.29, 1.82) is 0 Å². The molecule has 1 fully saturated rings. The first-order valence-corrected chi connectivity index (χ1v) is 8.52. The minimum atomic E-state index is 0.0817. The van der Waals surface area contributed by atoms with E-state index < -0.39 is 0 Å². The van der Waals surface area contributed by atoms with E-state index in [1.165, 1.54) is 5.56 Å². The molecule has 120 valence electrons. The number of amides is 1. The zero-order valence-corrected chi connectivity index (χ0v) is 13.9. The summed E-state index contributed by atoms with van der Waals surface area (Å²) in [6.45, 7) is 0.801. The molecule has 1 aromatic heterocycles. The standard InChI is InChI=1S/C20H17ClN2O/c21-19-11-9-15-13-16(8-10-17(15)22-19)20(24)23-12-4-7-18(23)14-5-2-1-3-6-14/h1-3,5-6,8-11,13,18H,4,7,12H2. The fraction of sp³-hybridized carbons (Fsp3) is 0.200. The number of halogens is 1. The topological polar surface area (TPSA) is 33.2 Å². The maximum absolute atomic E-state index is 13.0. The molecule has 4 heteroatoms. The van der Waals surface area contributed by atoms with Crippen LogP contribution in [0.4, 0.5) is 0 Å². The fourth-order valence-corrected chi connectivity index (χ4v) is 3.59. The summed E-state index contributed by atoms with van der Waals surface area (Å²) in [6, 6.07) is 19.7. The van der Waals surface area contributed by atoms with Crippen LogP contribution < -0.4 is 0 Å². The number of carbonyl (C=O) groups is 1. The molecule has 24 heavy (non-hydrogen) atoms. The van der Waals surface area contributed by atoms with Gasteiger partial charge in [0, 0.05) is 17.5 Å². The van der Waals surface area contributed by atoms with Crippen molar-refractivity contribution in [1.82, 2.24) is 9.88 Å². The second-order valence-corrected chi connectivity index (χ2v) is 6.50. The second-order valence-electron chi connectivity index (χ2n) is 6.11. The maximum Gasteiger partial charge on any atom is 0.254 e. The van der Waals surface area contributed by atoms with Crippen LogP contribution in [0.3, 0.4) is 0 Å². The van der Waals surface area contributed by atoms with Crippen LogP contribution in [-0.2, 0) is 0 Å². The van der Waals surface area contributed by atoms with Gasteiger partial charge in [-0.05, 0) is 48.7 Å². The molecular formula is C20H17ClN2O. The van der Waals surface area contributed by atoms with Crippen LogP contribution in [0.2, 0.25) is 5.15 Å². The lowest BCUT2D eigenvalue weighted by molar-refractivity contribution is 0.0736. The number of pyridine rings is 1. The van der Waals surface area contributed by atoms with Gasteiger partial charge in [0.1, 0.15) is 5.15 Å². The van der Waals surface area contributed by atoms with E-state index in [0.29, 0.717) is 10.7 Å². The third kappa shape index (κ3) is 2.76. The number of hydrogen-bond acceptors (Lipinski definition) is 2. The van der Waals surface area contributed by atoms with Crippen molar-refractivity contribution in [2.45, 2.75) is 18.9 Å². The predicted octanol–water partition coefficient (Wildman–Crippen LogP) is 4.87. The number of hydrogen-bond donors (Lipinski definition) is 0. The summed E-state index contributed by atoms with van der Waals surface area (Å²) in [7, 11) is 0. The molecule has 1 aliphatic heterocycles. The molecule has 1 saturated heterocycles. The van der Waals surface area contributed by atoms with E-state index in [4.69, 9.17) is 11.6 Å². The van der Waals surface area contributed by atoms with Gasteiger partial charge < -0.3 is 4.90 Å². The highest BCUT2D eigenvalue weighted by atomic mass is 35.5. The van der Waals surface area contributed by atoms with Gasteiger partial charge in [-0.2, -0.15) is 0 Å². The molecule has 3 aromatic rings. The lowest BCUT2D eigenvalue weighted by atomic mass is 10.0. The Morgan fingerprint density at radius 2 is 1.92 bits per heavy atom. The van der Waals surface area contributed by atoms with Crippen molar-refractivity contribution in [3.63, 3.8) is 0 Å². The van der Waals surface area contributed by atoms with Gasteiger partial charge in [0.25, 0.3) is 5.91 Å². The smallest absolute Gasteiger partial charge is 0.254 e. The number of likely N-dealkylation sites (tertiary alicyclic amines) is 1. The molecular weight excluding hydrogens is 320 g/mol. The van der Waals surface area contributed by atoms with E-state index >= 15 is 0 Å². The summed E-state index contributed by atoms with van der Waals surface area (Å²) in [5.41, 5.74) is 2.71. The molecule has 0 bridgehead atoms. The first-order chi connectivity index (χ1) is 11.7. The van der Waals surface area contributed by atoms with Gasteiger partial charge in [0.05, 0.1) is 11.6 Å². The predicted molar refractivity (Wildman–Crippen MR) is 96.2 cm³/mol. The van der Waals surface area contributed by atoms with Crippen molar-refractivity contribution in [2.75, 3.05) is 6.54 Å². The highest BCUT2D eigenvalue weighted by Gasteiger charge is 2.30. The van der Waals surface area contributed by atoms with Gasteiger partial charge >= 0.3 is 0 Å². The Labute approximate surface area is 145 Å². The summed E-state index contributed by atoms with van der Waals surface area (Å²) >= 11 is 5.93. The lowest BCUT2D eigenvalue weighted by Crippen LogP contribution is -2.30. The van der Waals surface area contributed by atoms with Gasteiger partial charge in [-0.25, -0.2) is 4.98 Å².